The Morgan fingerprint density at radius 2 is 1.85 bits per heavy atom. The molecule has 0 unspecified atom stereocenters. The van der Waals surface area contributed by atoms with E-state index in [0.29, 0.717) is 38.5 Å². The number of nitrogens with one attached hydrogen (secondary N) is 3. The third kappa shape index (κ3) is 8.84. The molecule has 1 aromatic carbocycles. The molecule has 2 aliphatic heterocycles. The zero-order chi connectivity index (χ0) is 44.0. The molecule has 0 radical (unpaired) electrons. The SMILES string of the molecule is CC[C@@H]1C[C@H](C)CC/C=C\[C@@H]2C[C@@]2(C(=O)NS(=O)(=O)C2(CF)CC2)NC(=O)[C@@H]2C[C@@H](Oc3nccc4cc(OC)c(F)cc34)CN2C(=O)[C@H]1NC(=O)OC(C)(C)C(F)(F)F. The Hall–Kier alpha value is -4.75. The lowest BCUT2D eigenvalue weighted by Gasteiger charge is -2.35. The monoisotopic (exact) mass is 871 g/mol. The largest absolute Gasteiger partial charge is 0.494 e. The minimum atomic E-state index is -4.96. The van der Waals surface area contributed by atoms with E-state index < -0.39 is 98.4 Å². The van der Waals surface area contributed by atoms with Crippen LogP contribution in [-0.4, -0.2) is 103 Å². The van der Waals surface area contributed by atoms with Gasteiger partial charge in [-0.25, -0.2) is 27.0 Å². The molecule has 20 heteroatoms. The van der Waals surface area contributed by atoms with Gasteiger partial charge in [0.1, 0.15) is 35.1 Å². The highest BCUT2D eigenvalue weighted by molar-refractivity contribution is 7.91. The maximum Gasteiger partial charge on any atom is 0.427 e. The zero-order valence-corrected chi connectivity index (χ0v) is 34.7. The van der Waals surface area contributed by atoms with Crippen LogP contribution in [0, 0.1) is 23.6 Å². The van der Waals surface area contributed by atoms with Crippen molar-refractivity contribution in [3.05, 3.63) is 42.4 Å². The molecule has 2 aliphatic carbocycles. The minimum absolute atomic E-state index is 0.00840. The normalized spacial score (nSPS) is 28.9. The minimum Gasteiger partial charge on any atom is -0.494 e. The summed E-state index contributed by atoms with van der Waals surface area (Å²) in [6.45, 7) is 3.43. The summed E-state index contributed by atoms with van der Waals surface area (Å²) < 4.78 is 113. The van der Waals surface area contributed by atoms with E-state index in [4.69, 9.17) is 14.2 Å². The van der Waals surface area contributed by atoms with Crippen molar-refractivity contribution in [3.63, 3.8) is 0 Å². The Kier molecular flexibility index (Phi) is 12.4. The summed E-state index contributed by atoms with van der Waals surface area (Å²) in [6, 6.07) is 1.21. The number of carbonyl (C=O) groups is 4. The second-order valence-corrected chi connectivity index (χ2v) is 18.9. The Morgan fingerprint density at radius 1 is 1.13 bits per heavy atom. The molecule has 2 aromatic rings. The number of alkyl carbamates (subject to hydrolysis) is 1. The van der Waals surface area contributed by atoms with Crippen LogP contribution < -0.4 is 24.8 Å². The second-order valence-electron chi connectivity index (χ2n) is 16.9. The van der Waals surface area contributed by atoms with Gasteiger partial charge in [0.25, 0.3) is 5.91 Å². The average Bonchev–Trinajstić information content (AvgIpc) is 4.08. The molecule has 3 heterocycles. The first-order valence-electron chi connectivity index (χ1n) is 19.9. The molecule has 2 saturated carbocycles. The first-order chi connectivity index (χ1) is 28.1. The van der Waals surface area contributed by atoms with Gasteiger partial charge in [-0.3, -0.25) is 19.1 Å². The van der Waals surface area contributed by atoms with Gasteiger partial charge in [-0.2, -0.15) is 13.2 Å². The van der Waals surface area contributed by atoms with Gasteiger partial charge in [-0.15, -0.1) is 0 Å². The molecule has 4 aliphatic rings. The number of fused-ring (bicyclic) bond motifs is 3. The summed E-state index contributed by atoms with van der Waals surface area (Å²) in [4.78, 5) is 61.9. The highest BCUT2D eigenvalue weighted by Gasteiger charge is 2.64. The van der Waals surface area contributed by atoms with E-state index in [1.165, 1.54) is 19.4 Å². The molecule has 3 N–H and O–H groups in total. The number of ether oxygens (including phenoxy) is 3. The average molecular weight is 872 g/mol. The number of sulfonamides is 1. The van der Waals surface area contributed by atoms with Crippen LogP contribution in [-0.2, 0) is 29.1 Å². The van der Waals surface area contributed by atoms with E-state index in [1.54, 1.807) is 25.1 Å². The van der Waals surface area contributed by atoms with E-state index in [-0.39, 0.29) is 61.6 Å². The Balaban J connectivity index is 1.38. The number of nitrogens with zero attached hydrogens (tertiary/aromatic N) is 2. The number of allylic oxidation sites excluding steroid dienone is 1. The summed E-state index contributed by atoms with van der Waals surface area (Å²) in [5.74, 6) is -5.09. The number of hydrogen-bond donors (Lipinski definition) is 3. The lowest BCUT2D eigenvalue weighted by atomic mass is 9.85. The number of aromatic nitrogens is 1. The number of rotatable bonds is 10. The number of benzene rings is 1. The summed E-state index contributed by atoms with van der Waals surface area (Å²) in [6.07, 6.45) is -1.24. The molecule has 60 heavy (non-hydrogen) atoms. The summed E-state index contributed by atoms with van der Waals surface area (Å²) in [5.41, 5.74) is -4.74. The highest BCUT2D eigenvalue weighted by atomic mass is 32.2. The lowest BCUT2D eigenvalue weighted by Crippen LogP contribution is -2.60. The molecule has 0 spiro atoms. The fourth-order valence-corrected chi connectivity index (χ4v) is 9.40. The fourth-order valence-electron chi connectivity index (χ4n) is 7.97. The van der Waals surface area contributed by atoms with Crippen molar-refractivity contribution in [1.29, 1.82) is 0 Å². The third-order valence-corrected chi connectivity index (χ3v) is 14.3. The number of hydrogen-bond acceptors (Lipinski definition) is 10. The Labute approximate surface area is 344 Å². The number of methoxy groups -OCH3 is 1. The van der Waals surface area contributed by atoms with Crippen LogP contribution in [0.4, 0.5) is 26.7 Å². The van der Waals surface area contributed by atoms with Gasteiger partial charge in [-0.1, -0.05) is 32.4 Å². The molecule has 330 valence electrons. The number of halogens is 5. The standard InChI is InChI=1S/C40H50F5N5O9S/c1-6-23-15-22(2)9-7-8-10-25-19-39(25,35(53)49-60(55,56)38(21-41)12-13-38)48-32(51)29-17-26(58-33-27-18-28(42)30(57-5)16-24(27)11-14-46-33)20-50(29)34(52)31(23)47-36(54)59-37(3,4)40(43,44)45/h8,10-11,14,16,18,22-23,25-26,29,31H,6-7,9,12-13,15,17,19-21H2,1-5H3,(H,47,54)(H,48,51)(H,49,53)/b10-8-/t22-,23-,25-,26-,29+,31+,39-/m1/s1. The van der Waals surface area contributed by atoms with Gasteiger partial charge in [0.15, 0.2) is 11.6 Å². The number of amides is 4. The molecular formula is C40H50F5N5O9S. The van der Waals surface area contributed by atoms with Crippen LogP contribution in [0.15, 0.2) is 36.5 Å². The number of alkyl halides is 4. The molecule has 1 aromatic heterocycles. The molecular weight excluding hydrogens is 822 g/mol. The highest BCUT2D eigenvalue weighted by Crippen LogP contribution is 2.48. The predicted molar refractivity (Wildman–Crippen MR) is 206 cm³/mol. The quantitative estimate of drug-likeness (QED) is 0.207. The molecule has 1 saturated heterocycles. The molecule has 0 bridgehead atoms. The van der Waals surface area contributed by atoms with Crippen LogP contribution in [0.1, 0.15) is 79.1 Å². The first kappa shape index (κ1) is 44.8. The lowest BCUT2D eigenvalue weighted by molar-refractivity contribution is -0.244. The Bertz CT molecular complexity index is 2150. The van der Waals surface area contributed by atoms with Gasteiger partial charge in [0.2, 0.25) is 33.3 Å². The van der Waals surface area contributed by atoms with Crippen molar-refractivity contribution >= 4 is 44.6 Å². The van der Waals surface area contributed by atoms with Crippen LogP contribution in [0.25, 0.3) is 10.8 Å². The van der Waals surface area contributed by atoms with Gasteiger partial charge in [0.05, 0.1) is 13.7 Å². The Morgan fingerprint density at radius 3 is 2.48 bits per heavy atom. The van der Waals surface area contributed by atoms with Crippen LogP contribution in [0.2, 0.25) is 0 Å². The zero-order valence-electron chi connectivity index (χ0n) is 33.9. The van der Waals surface area contributed by atoms with Crippen molar-refractivity contribution in [2.24, 2.45) is 17.8 Å². The topological polar surface area (TPSA) is 182 Å². The van der Waals surface area contributed by atoms with E-state index >= 15 is 0 Å². The van der Waals surface area contributed by atoms with Crippen LogP contribution in [0.5, 0.6) is 11.6 Å². The molecule has 4 amide bonds. The smallest absolute Gasteiger partial charge is 0.427 e. The molecule has 14 nitrogen and oxygen atoms in total. The second kappa shape index (κ2) is 16.6. The molecule has 3 fully saturated rings. The van der Waals surface area contributed by atoms with Gasteiger partial charge in [-0.05, 0) is 87.8 Å². The first-order valence-corrected chi connectivity index (χ1v) is 21.4. The van der Waals surface area contributed by atoms with E-state index in [9.17, 15) is 49.5 Å². The van der Waals surface area contributed by atoms with Crippen LogP contribution in [0.3, 0.4) is 0 Å². The molecule has 6 rings (SSSR count). The van der Waals surface area contributed by atoms with Gasteiger partial charge in [0, 0.05) is 23.9 Å². The summed E-state index contributed by atoms with van der Waals surface area (Å²) in [5, 5.41) is 5.78. The fraction of sp³-hybridized carbons (Fsp3) is 0.625. The number of carbonyl (C=O) groups excluding carboxylic acids is 4. The van der Waals surface area contributed by atoms with Gasteiger partial charge >= 0.3 is 12.3 Å². The van der Waals surface area contributed by atoms with Crippen molar-refractivity contribution < 1.29 is 63.8 Å². The summed E-state index contributed by atoms with van der Waals surface area (Å²) in [7, 11) is -3.19. The summed E-state index contributed by atoms with van der Waals surface area (Å²) >= 11 is 0. The van der Waals surface area contributed by atoms with Crippen molar-refractivity contribution in [1.82, 2.24) is 25.2 Å². The maximum absolute atomic E-state index is 14.9. The van der Waals surface area contributed by atoms with Gasteiger partial charge < -0.3 is 29.7 Å². The van der Waals surface area contributed by atoms with Crippen molar-refractivity contribution in [3.8, 4) is 11.6 Å². The molecule has 7 atom stereocenters. The van der Waals surface area contributed by atoms with Crippen molar-refractivity contribution in [2.45, 2.75) is 119 Å². The van der Waals surface area contributed by atoms with E-state index in [0.717, 1.165) is 11.0 Å². The maximum atomic E-state index is 14.9. The predicted octanol–water partition coefficient (Wildman–Crippen LogP) is 5.39. The number of pyridine rings is 1. The van der Waals surface area contributed by atoms with E-state index in [1.807, 2.05) is 11.6 Å². The van der Waals surface area contributed by atoms with E-state index in [2.05, 4.69) is 15.6 Å². The third-order valence-electron chi connectivity index (χ3n) is 12.2. The van der Waals surface area contributed by atoms with Crippen LogP contribution >= 0.6 is 0 Å². The van der Waals surface area contributed by atoms with Crippen molar-refractivity contribution in [2.75, 3.05) is 20.3 Å².